The second kappa shape index (κ2) is 4.27. The maximum absolute atomic E-state index is 6.15. The molecular formula is C13H19ClN2. The lowest BCUT2D eigenvalue weighted by Gasteiger charge is -2.25. The number of anilines is 1. The van der Waals surface area contributed by atoms with Crippen LogP contribution in [0.5, 0.6) is 0 Å². The van der Waals surface area contributed by atoms with Gasteiger partial charge in [-0.15, -0.1) is 0 Å². The van der Waals surface area contributed by atoms with E-state index in [4.69, 9.17) is 11.6 Å². The number of likely N-dealkylation sites (N-methyl/N-ethyl adjacent to an activating group) is 1. The van der Waals surface area contributed by atoms with Gasteiger partial charge < -0.3 is 10.2 Å². The molecule has 1 fully saturated rings. The van der Waals surface area contributed by atoms with Crippen LogP contribution in [-0.2, 0) is 0 Å². The number of nitrogens with zero attached hydrogens (tertiary/aromatic N) is 1. The van der Waals surface area contributed by atoms with E-state index in [0.29, 0.717) is 0 Å². The minimum absolute atomic E-state index is 0.233. The Kier molecular flexibility index (Phi) is 3.13. The maximum Gasteiger partial charge on any atom is 0.0455 e. The first-order chi connectivity index (χ1) is 7.54. The molecular weight excluding hydrogens is 220 g/mol. The highest BCUT2D eigenvalue weighted by Crippen LogP contribution is 2.29. The first-order valence-corrected chi connectivity index (χ1v) is 6.12. The molecule has 2 nitrogen and oxygen atoms in total. The van der Waals surface area contributed by atoms with Crippen LogP contribution in [-0.4, -0.2) is 25.7 Å². The highest BCUT2D eigenvalue weighted by molar-refractivity contribution is 6.31. The van der Waals surface area contributed by atoms with Gasteiger partial charge in [0.25, 0.3) is 0 Å². The summed E-state index contributed by atoms with van der Waals surface area (Å²) < 4.78 is 0. The van der Waals surface area contributed by atoms with Crippen molar-refractivity contribution in [2.75, 3.05) is 25.0 Å². The van der Waals surface area contributed by atoms with Crippen LogP contribution in [0.4, 0.5) is 5.69 Å². The Morgan fingerprint density at radius 3 is 2.75 bits per heavy atom. The second-order valence-corrected chi connectivity index (χ2v) is 5.32. The molecule has 0 aromatic heterocycles. The molecule has 0 aliphatic carbocycles. The molecule has 1 unspecified atom stereocenters. The van der Waals surface area contributed by atoms with Gasteiger partial charge in [0.05, 0.1) is 0 Å². The zero-order valence-corrected chi connectivity index (χ0v) is 10.9. The summed E-state index contributed by atoms with van der Waals surface area (Å²) in [5.74, 6) is 0. The molecule has 1 atom stereocenters. The predicted molar refractivity (Wildman–Crippen MR) is 70.5 cm³/mol. The SMILES string of the molecule is CNC1(C)CCN(c2ccc(C)c(Cl)c2)C1. The Bertz CT molecular complexity index is 392. The lowest BCUT2D eigenvalue weighted by Crippen LogP contribution is -2.42. The van der Waals surface area contributed by atoms with Gasteiger partial charge in [-0.3, -0.25) is 0 Å². The third kappa shape index (κ3) is 2.18. The van der Waals surface area contributed by atoms with Crippen LogP contribution < -0.4 is 10.2 Å². The van der Waals surface area contributed by atoms with Crippen molar-refractivity contribution in [2.45, 2.75) is 25.8 Å². The Balaban J connectivity index is 2.17. The Morgan fingerprint density at radius 1 is 1.44 bits per heavy atom. The largest absolute Gasteiger partial charge is 0.370 e. The fourth-order valence-corrected chi connectivity index (χ4v) is 2.34. The van der Waals surface area contributed by atoms with Gasteiger partial charge in [0.15, 0.2) is 0 Å². The van der Waals surface area contributed by atoms with Crippen molar-refractivity contribution in [1.82, 2.24) is 5.32 Å². The summed E-state index contributed by atoms with van der Waals surface area (Å²) in [6.07, 6.45) is 1.18. The van der Waals surface area contributed by atoms with E-state index in [1.165, 1.54) is 12.1 Å². The summed E-state index contributed by atoms with van der Waals surface area (Å²) in [7, 11) is 2.03. The van der Waals surface area contributed by atoms with E-state index in [1.807, 2.05) is 14.0 Å². The van der Waals surface area contributed by atoms with Crippen LogP contribution in [0.15, 0.2) is 18.2 Å². The van der Waals surface area contributed by atoms with E-state index in [0.717, 1.165) is 23.7 Å². The van der Waals surface area contributed by atoms with E-state index in [2.05, 4.69) is 35.3 Å². The van der Waals surface area contributed by atoms with Crippen LogP contribution in [0, 0.1) is 6.92 Å². The average Bonchev–Trinajstić information content (AvgIpc) is 2.66. The van der Waals surface area contributed by atoms with Crippen LogP contribution >= 0.6 is 11.6 Å². The highest BCUT2D eigenvalue weighted by Gasteiger charge is 2.32. The van der Waals surface area contributed by atoms with Crippen molar-refractivity contribution in [3.05, 3.63) is 28.8 Å². The minimum atomic E-state index is 0.233. The van der Waals surface area contributed by atoms with Gasteiger partial charge in [-0.1, -0.05) is 17.7 Å². The van der Waals surface area contributed by atoms with Crippen molar-refractivity contribution in [3.63, 3.8) is 0 Å². The quantitative estimate of drug-likeness (QED) is 0.853. The van der Waals surface area contributed by atoms with E-state index >= 15 is 0 Å². The number of aryl methyl sites for hydroxylation is 1. The number of rotatable bonds is 2. The molecule has 1 saturated heterocycles. The number of halogens is 1. The summed E-state index contributed by atoms with van der Waals surface area (Å²) in [4.78, 5) is 2.39. The van der Waals surface area contributed by atoms with Crippen molar-refractivity contribution in [3.8, 4) is 0 Å². The van der Waals surface area contributed by atoms with Gasteiger partial charge >= 0.3 is 0 Å². The zero-order valence-electron chi connectivity index (χ0n) is 10.2. The van der Waals surface area contributed by atoms with Crippen molar-refractivity contribution in [2.24, 2.45) is 0 Å². The second-order valence-electron chi connectivity index (χ2n) is 4.92. The number of hydrogen-bond acceptors (Lipinski definition) is 2. The van der Waals surface area contributed by atoms with Gasteiger partial charge in [0.1, 0.15) is 0 Å². The predicted octanol–water partition coefficient (Wildman–Crippen LogP) is 2.84. The zero-order chi connectivity index (χ0) is 11.8. The fraction of sp³-hybridized carbons (Fsp3) is 0.538. The van der Waals surface area contributed by atoms with Crippen LogP contribution in [0.1, 0.15) is 18.9 Å². The molecule has 3 heteroatoms. The monoisotopic (exact) mass is 238 g/mol. The molecule has 0 spiro atoms. The summed E-state index contributed by atoms with van der Waals surface area (Å²) >= 11 is 6.15. The van der Waals surface area contributed by atoms with Crippen molar-refractivity contribution < 1.29 is 0 Å². The summed E-state index contributed by atoms with van der Waals surface area (Å²) in [5.41, 5.74) is 2.60. The summed E-state index contributed by atoms with van der Waals surface area (Å²) in [5, 5.41) is 4.25. The number of hydrogen-bond donors (Lipinski definition) is 1. The van der Waals surface area contributed by atoms with E-state index in [-0.39, 0.29) is 5.54 Å². The highest BCUT2D eigenvalue weighted by atomic mass is 35.5. The van der Waals surface area contributed by atoms with Crippen LogP contribution in [0.2, 0.25) is 5.02 Å². The van der Waals surface area contributed by atoms with E-state index in [1.54, 1.807) is 0 Å². The molecule has 0 bridgehead atoms. The summed E-state index contributed by atoms with van der Waals surface area (Å²) in [6.45, 7) is 6.44. The fourth-order valence-electron chi connectivity index (χ4n) is 2.16. The minimum Gasteiger partial charge on any atom is -0.370 e. The maximum atomic E-state index is 6.15. The number of nitrogens with one attached hydrogen (secondary N) is 1. The number of benzene rings is 1. The molecule has 0 saturated carbocycles. The smallest absolute Gasteiger partial charge is 0.0455 e. The van der Waals surface area contributed by atoms with Gasteiger partial charge in [-0.05, 0) is 45.0 Å². The third-order valence-electron chi connectivity index (χ3n) is 3.60. The molecule has 88 valence electrons. The molecule has 0 amide bonds. The van der Waals surface area contributed by atoms with Gasteiger partial charge in [0, 0.05) is 29.3 Å². The molecule has 1 aromatic rings. The van der Waals surface area contributed by atoms with Gasteiger partial charge in [-0.2, -0.15) is 0 Å². The molecule has 1 aliphatic rings. The van der Waals surface area contributed by atoms with E-state index < -0.39 is 0 Å². The summed E-state index contributed by atoms with van der Waals surface area (Å²) in [6, 6.07) is 6.31. The van der Waals surface area contributed by atoms with Crippen LogP contribution in [0.25, 0.3) is 0 Å². The molecule has 1 N–H and O–H groups in total. The lowest BCUT2D eigenvalue weighted by molar-refractivity contribution is 0.428. The Labute approximate surface area is 103 Å². The first kappa shape index (κ1) is 11.7. The van der Waals surface area contributed by atoms with Crippen molar-refractivity contribution in [1.29, 1.82) is 0 Å². The molecule has 2 rings (SSSR count). The van der Waals surface area contributed by atoms with Crippen molar-refractivity contribution >= 4 is 17.3 Å². The topological polar surface area (TPSA) is 15.3 Å². The Hall–Kier alpha value is -0.730. The third-order valence-corrected chi connectivity index (χ3v) is 4.00. The lowest BCUT2D eigenvalue weighted by atomic mass is 10.0. The molecule has 1 aliphatic heterocycles. The van der Waals surface area contributed by atoms with Gasteiger partial charge in [-0.25, -0.2) is 0 Å². The molecule has 0 radical (unpaired) electrons. The Morgan fingerprint density at radius 2 is 2.19 bits per heavy atom. The van der Waals surface area contributed by atoms with Gasteiger partial charge in [0.2, 0.25) is 0 Å². The first-order valence-electron chi connectivity index (χ1n) is 5.74. The average molecular weight is 239 g/mol. The molecule has 16 heavy (non-hydrogen) atoms. The molecule has 1 aromatic carbocycles. The standard InChI is InChI=1S/C13H19ClN2/c1-10-4-5-11(8-12(10)14)16-7-6-13(2,9-16)15-3/h4-5,8,15H,6-7,9H2,1-3H3. The normalized spacial score (nSPS) is 25.1. The molecule has 1 heterocycles. The van der Waals surface area contributed by atoms with E-state index in [9.17, 15) is 0 Å². The van der Waals surface area contributed by atoms with Crippen LogP contribution in [0.3, 0.4) is 0 Å².